The van der Waals surface area contributed by atoms with Crippen molar-refractivity contribution in [3.8, 4) is 11.5 Å². The number of hydrogen-bond donors (Lipinski definition) is 1. The molecule has 0 fully saturated rings. The van der Waals surface area contributed by atoms with Crippen molar-refractivity contribution in [1.29, 1.82) is 0 Å². The lowest BCUT2D eigenvalue weighted by atomic mass is 10.3. The van der Waals surface area contributed by atoms with Gasteiger partial charge in [-0.05, 0) is 22.0 Å². The summed E-state index contributed by atoms with van der Waals surface area (Å²) in [6.45, 7) is 2.04. The average molecular weight is 324 g/mol. The van der Waals surface area contributed by atoms with Crippen LogP contribution in [-0.4, -0.2) is 29.2 Å². The molecule has 17 heavy (non-hydrogen) atoms. The van der Waals surface area contributed by atoms with Gasteiger partial charge in [0.15, 0.2) is 11.5 Å². The summed E-state index contributed by atoms with van der Waals surface area (Å²) in [5, 5.41) is 0. The molecular formula is C10H14BrNO4S. The van der Waals surface area contributed by atoms with Crippen molar-refractivity contribution in [2.45, 2.75) is 11.8 Å². The minimum Gasteiger partial charge on any atom is -0.493 e. The summed E-state index contributed by atoms with van der Waals surface area (Å²) in [6.07, 6.45) is 0. The first kappa shape index (κ1) is 14.3. The zero-order chi connectivity index (χ0) is 13.1. The van der Waals surface area contributed by atoms with Crippen molar-refractivity contribution in [2.75, 3.05) is 20.8 Å². The molecular weight excluding hydrogens is 310 g/mol. The Labute approximate surface area is 109 Å². The third-order valence-electron chi connectivity index (χ3n) is 2.06. The van der Waals surface area contributed by atoms with Gasteiger partial charge >= 0.3 is 0 Å². The van der Waals surface area contributed by atoms with Gasteiger partial charge in [-0.2, -0.15) is 0 Å². The lowest BCUT2D eigenvalue weighted by Gasteiger charge is -2.12. The molecule has 0 radical (unpaired) electrons. The van der Waals surface area contributed by atoms with Crippen LogP contribution in [0.3, 0.4) is 0 Å². The zero-order valence-corrected chi connectivity index (χ0v) is 12.2. The van der Waals surface area contributed by atoms with Crippen LogP contribution in [0.25, 0.3) is 0 Å². The number of benzene rings is 1. The van der Waals surface area contributed by atoms with Gasteiger partial charge < -0.3 is 9.47 Å². The first-order valence-electron chi connectivity index (χ1n) is 4.87. The Morgan fingerprint density at radius 1 is 1.24 bits per heavy atom. The van der Waals surface area contributed by atoms with Crippen molar-refractivity contribution in [3.05, 3.63) is 16.6 Å². The van der Waals surface area contributed by atoms with Crippen LogP contribution in [0.15, 0.2) is 21.5 Å². The van der Waals surface area contributed by atoms with Gasteiger partial charge in [0.2, 0.25) is 10.0 Å². The molecule has 0 bridgehead atoms. The molecule has 7 heteroatoms. The molecule has 0 spiro atoms. The smallest absolute Gasteiger partial charge is 0.241 e. The fourth-order valence-electron chi connectivity index (χ4n) is 1.31. The Bertz CT molecular complexity index is 501. The maximum Gasteiger partial charge on any atom is 0.241 e. The molecule has 1 aromatic carbocycles. The molecule has 1 aromatic rings. The third kappa shape index (κ3) is 3.11. The lowest BCUT2D eigenvalue weighted by Crippen LogP contribution is -2.23. The summed E-state index contributed by atoms with van der Waals surface area (Å²) in [5.74, 6) is 0.835. The molecule has 0 aliphatic carbocycles. The molecule has 0 amide bonds. The summed E-state index contributed by atoms with van der Waals surface area (Å²) in [4.78, 5) is 0.122. The van der Waals surface area contributed by atoms with E-state index in [1.54, 1.807) is 13.0 Å². The van der Waals surface area contributed by atoms with Gasteiger partial charge in [-0.15, -0.1) is 0 Å². The molecule has 0 atom stereocenters. The standard InChI is InChI=1S/C10H14BrNO4S/c1-4-12-17(13,14)10-6-9(16-3)8(15-2)5-7(10)11/h5-6,12H,4H2,1-3H3. The molecule has 0 aromatic heterocycles. The number of sulfonamides is 1. The summed E-state index contributed by atoms with van der Waals surface area (Å²) < 4.78 is 36.7. The van der Waals surface area contributed by atoms with Crippen molar-refractivity contribution in [3.63, 3.8) is 0 Å². The highest BCUT2D eigenvalue weighted by Crippen LogP contribution is 2.35. The van der Waals surface area contributed by atoms with Crippen LogP contribution in [0.1, 0.15) is 6.92 Å². The zero-order valence-electron chi connectivity index (χ0n) is 9.78. The van der Waals surface area contributed by atoms with Gasteiger partial charge in [0.1, 0.15) is 4.90 Å². The Hall–Kier alpha value is -0.790. The molecule has 5 nitrogen and oxygen atoms in total. The van der Waals surface area contributed by atoms with E-state index in [1.807, 2.05) is 0 Å². The van der Waals surface area contributed by atoms with E-state index in [1.165, 1.54) is 20.3 Å². The lowest BCUT2D eigenvalue weighted by molar-refractivity contribution is 0.353. The van der Waals surface area contributed by atoms with E-state index in [0.29, 0.717) is 22.5 Å². The number of ether oxygens (including phenoxy) is 2. The van der Waals surface area contributed by atoms with E-state index in [0.717, 1.165) is 0 Å². The Morgan fingerprint density at radius 2 is 1.76 bits per heavy atom. The highest BCUT2D eigenvalue weighted by Gasteiger charge is 2.20. The topological polar surface area (TPSA) is 64.6 Å². The van der Waals surface area contributed by atoms with E-state index in [9.17, 15) is 8.42 Å². The highest BCUT2D eigenvalue weighted by molar-refractivity contribution is 9.10. The maximum absolute atomic E-state index is 11.9. The van der Waals surface area contributed by atoms with Gasteiger partial charge in [0.25, 0.3) is 0 Å². The monoisotopic (exact) mass is 323 g/mol. The first-order chi connectivity index (χ1) is 7.96. The molecule has 0 saturated heterocycles. The van der Waals surface area contributed by atoms with Crippen LogP contribution >= 0.6 is 15.9 Å². The second-order valence-corrected chi connectivity index (χ2v) is 5.73. The largest absolute Gasteiger partial charge is 0.493 e. The van der Waals surface area contributed by atoms with Crippen LogP contribution in [0.5, 0.6) is 11.5 Å². The number of hydrogen-bond acceptors (Lipinski definition) is 4. The van der Waals surface area contributed by atoms with E-state index in [2.05, 4.69) is 20.7 Å². The second kappa shape index (κ2) is 5.70. The summed E-state index contributed by atoms with van der Waals surface area (Å²) in [6, 6.07) is 2.98. The van der Waals surface area contributed by atoms with Crippen LogP contribution in [0, 0.1) is 0 Å². The summed E-state index contributed by atoms with van der Waals surface area (Å²) >= 11 is 3.20. The molecule has 0 saturated carbocycles. The van der Waals surface area contributed by atoms with Crippen molar-refractivity contribution in [1.82, 2.24) is 4.72 Å². The van der Waals surface area contributed by atoms with E-state index >= 15 is 0 Å². The van der Waals surface area contributed by atoms with E-state index in [-0.39, 0.29) is 4.90 Å². The van der Waals surface area contributed by atoms with Gasteiger partial charge in [0, 0.05) is 17.1 Å². The molecule has 0 heterocycles. The van der Waals surface area contributed by atoms with Crippen molar-refractivity contribution >= 4 is 26.0 Å². The predicted octanol–water partition coefficient (Wildman–Crippen LogP) is 1.76. The van der Waals surface area contributed by atoms with Crippen LogP contribution in [0.4, 0.5) is 0 Å². The number of nitrogens with one attached hydrogen (secondary N) is 1. The highest BCUT2D eigenvalue weighted by atomic mass is 79.9. The molecule has 96 valence electrons. The number of methoxy groups -OCH3 is 2. The minimum absolute atomic E-state index is 0.122. The summed E-state index contributed by atoms with van der Waals surface area (Å²) in [7, 11) is -0.588. The SMILES string of the molecule is CCNS(=O)(=O)c1cc(OC)c(OC)cc1Br. The fourth-order valence-corrected chi connectivity index (χ4v) is 3.38. The normalized spacial score (nSPS) is 11.3. The molecule has 1 rings (SSSR count). The van der Waals surface area contributed by atoms with Gasteiger partial charge in [-0.1, -0.05) is 6.92 Å². The quantitative estimate of drug-likeness (QED) is 0.896. The summed E-state index contributed by atoms with van der Waals surface area (Å²) in [5.41, 5.74) is 0. The van der Waals surface area contributed by atoms with Gasteiger partial charge in [0.05, 0.1) is 14.2 Å². The number of rotatable bonds is 5. The van der Waals surface area contributed by atoms with Crippen molar-refractivity contribution < 1.29 is 17.9 Å². The molecule has 1 N–H and O–H groups in total. The third-order valence-corrected chi connectivity index (χ3v) is 4.57. The Morgan fingerprint density at radius 3 is 2.24 bits per heavy atom. The minimum atomic E-state index is -3.53. The fraction of sp³-hybridized carbons (Fsp3) is 0.400. The van der Waals surface area contributed by atoms with Crippen LogP contribution < -0.4 is 14.2 Å². The van der Waals surface area contributed by atoms with Gasteiger partial charge in [-0.25, -0.2) is 13.1 Å². The van der Waals surface area contributed by atoms with Crippen LogP contribution in [-0.2, 0) is 10.0 Å². The van der Waals surface area contributed by atoms with Crippen LogP contribution in [0.2, 0.25) is 0 Å². The molecule has 0 unspecified atom stereocenters. The Kier molecular flexibility index (Phi) is 4.79. The van der Waals surface area contributed by atoms with E-state index < -0.39 is 10.0 Å². The average Bonchev–Trinajstić information content (AvgIpc) is 2.28. The van der Waals surface area contributed by atoms with Gasteiger partial charge in [-0.3, -0.25) is 0 Å². The maximum atomic E-state index is 11.9. The molecule has 0 aliphatic rings. The van der Waals surface area contributed by atoms with Crippen molar-refractivity contribution in [2.24, 2.45) is 0 Å². The first-order valence-corrected chi connectivity index (χ1v) is 7.15. The molecule has 0 aliphatic heterocycles. The number of halogens is 1. The van der Waals surface area contributed by atoms with E-state index in [4.69, 9.17) is 9.47 Å². The second-order valence-electron chi connectivity index (χ2n) is 3.14. The Balaban J connectivity index is 3.36. The predicted molar refractivity (Wildman–Crippen MR) is 68.1 cm³/mol.